The molecule has 10 heteroatoms. The molecule has 0 bridgehead atoms. The molecule has 0 saturated carbocycles. The van der Waals surface area contributed by atoms with Gasteiger partial charge >= 0.3 is 0 Å². The molecule has 0 spiro atoms. The van der Waals surface area contributed by atoms with E-state index in [-0.39, 0.29) is 19.8 Å². The van der Waals surface area contributed by atoms with Crippen LogP contribution in [0.3, 0.4) is 0 Å². The van der Waals surface area contributed by atoms with Gasteiger partial charge in [-0.15, -0.1) is 12.4 Å². The molecular weight excluding hydrogens is 768 g/mol. The van der Waals surface area contributed by atoms with Crippen LogP contribution in [0.5, 0.6) is 0 Å². The molecule has 9 rings (SSSR count). The van der Waals surface area contributed by atoms with Crippen molar-refractivity contribution in [2.45, 2.75) is 57.2 Å². The topological polar surface area (TPSA) is 75.9 Å². The third kappa shape index (κ3) is 6.61. The van der Waals surface area contributed by atoms with E-state index in [0.717, 1.165) is 50.2 Å². The highest BCUT2D eigenvalue weighted by Gasteiger charge is 2.35. The highest BCUT2D eigenvalue weighted by molar-refractivity contribution is 9.11. The van der Waals surface area contributed by atoms with E-state index in [1.807, 2.05) is 0 Å². The molecule has 6 nitrogen and oxygen atoms in total. The van der Waals surface area contributed by atoms with Gasteiger partial charge in [0.2, 0.25) is 0 Å². The summed E-state index contributed by atoms with van der Waals surface area (Å²) in [5.74, 6) is 1.33. The average molecular weight is 810 g/mol. The van der Waals surface area contributed by atoms with Crippen molar-refractivity contribution in [1.29, 1.82) is 0 Å². The standard InChI is InChI=1S/2C11H13BrN2.C11H11BrN2.CH4.ClH/c3*12-9-3-1-2-7-8-6-13-5-4-10(8)14-11(7)9;;/h2*1-3,8,10,13-14H,4-6H2;1-3,13-14H,4-6H2;1H4;1H/t8-,10-;;;;/m0..../s1. The van der Waals surface area contributed by atoms with Crippen LogP contribution in [0.25, 0.3) is 10.9 Å². The van der Waals surface area contributed by atoms with Gasteiger partial charge in [0, 0.05) is 81.0 Å². The zero-order valence-electron chi connectivity index (χ0n) is 23.9. The number of rotatable bonds is 0. The van der Waals surface area contributed by atoms with Crippen LogP contribution in [0.1, 0.15) is 54.5 Å². The Balaban J connectivity index is 0.000000128. The number of hydrogen-bond donors (Lipinski definition) is 6. The summed E-state index contributed by atoms with van der Waals surface area (Å²) in [4.78, 5) is 3.50. The van der Waals surface area contributed by atoms with E-state index < -0.39 is 0 Å². The van der Waals surface area contributed by atoms with Crippen molar-refractivity contribution >= 4 is 82.5 Å². The second-order valence-electron chi connectivity index (χ2n) is 11.8. The molecule has 2 unspecified atom stereocenters. The Morgan fingerprint density at radius 3 is 1.77 bits per heavy atom. The van der Waals surface area contributed by atoms with Crippen molar-refractivity contribution < 1.29 is 0 Å². The molecule has 236 valence electrons. The SMILES string of the molecule is Brc1cccc2c1NC1CCNCC21.Brc1cccc2c1N[C@H]1CCNC[C@@H]21.Brc1cccc2c3c([nH]c12)CCNC3.C.Cl. The zero-order chi connectivity index (χ0) is 28.6. The van der Waals surface area contributed by atoms with Gasteiger partial charge < -0.3 is 31.6 Å². The minimum atomic E-state index is 0. The number of piperidine rings is 2. The van der Waals surface area contributed by atoms with Crippen molar-refractivity contribution in [3.63, 3.8) is 0 Å². The maximum Gasteiger partial charge on any atom is 0.0603 e. The van der Waals surface area contributed by atoms with Crippen LogP contribution >= 0.6 is 60.2 Å². The van der Waals surface area contributed by atoms with Crippen LogP contribution in [0.2, 0.25) is 0 Å². The second kappa shape index (κ2) is 14.9. The Morgan fingerprint density at radius 2 is 1.18 bits per heavy atom. The molecule has 5 aliphatic rings. The Bertz CT molecular complexity index is 1520. The number of nitrogens with one attached hydrogen (secondary N) is 6. The minimum absolute atomic E-state index is 0. The summed E-state index contributed by atoms with van der Waals surface area (Å²) in [5, 5.41) is 18.9. The predicted molar refractivity (Wildman–Crippen MR) is 199 cm³/mol. The quantitative estimate of drug-likeness (QED) is 0.108. The maximum absolute atomic E-state index is 3.62. The second-order valence-corrected chi connectivity index (χ2v) is 14.3. The van der Waals surface area contributed by atoms with E-state index in [9.17, 15) is 0 Å². The molecule has 6 heterocycles. The number of H-pyrrole nitrogens is 1. The van der Waals surface area contributed by atoms with Crippen molar-refractivity contribution in [2.75, 3.05) is 43.4 Å². The Hall–Kier alpha value is -1.59. The number of aromatic amines is 1. The summed E-state index contributed by atoms with van der Waals surface area (Å²) in [6, 6.07) is 20.6. The van der Waals surface area contributed by atoms with Gasteiger partial charge in [0.25, 0.3) is 0 Å². The first-order chi connectivity index (χ1) is 20.6. The van der Waals surface area contributed by atoms with E-state index in [2.05, 4.69) is 134 Å². The van der Waals surface area contributed by atoms with Gasteiger partial charge in [-0.3, -0.25) is 0 Å². The van der Waals surface area contributed by atoms with Crippen LogP contribution < -0.4 is 26.6 Å². The molecule has 1 aromatic heterocycles. The molecule has 0 radical (unpaired) electrons. The van der Waals surface area contributed by atoms with Crippen molar-refractivity contribution in [3.8, 4) is 0 Å². The number of fused-ring (bicyclic) bond motifs is 9. The lowest BCUT2D eigenvalue weighted by molar-refractivity contribution is 0.440. The van der Waals surface area contributed by atoms with Crippen LogP contribution in [-0.2, 0) is 13.0 Å². The first kappa shape index (κ1) is 33.8. The van der Waals surface area contributed by atoms with Gasteiger partial charge in [-0.05, 0) is 109 Å². The molecule has 2 saturated heterocycles. The predicted octanol–water partition coefficient (Wildman–Crippen LogP) is 8.27. The van der Waals surface area contributed by atoms with E-state index in [0.29, 0.717) is 23.9 Å². The van der Waals surface area contributed by atoms with E-state index in [1.54, 1.807) is 0 Å². The Labute approximate surface area is 292 Å². The molecule has 2 fully saturated rings. The van der Waals surface area contributed by atoms with Crippen molar-refractivity contribution in [3.05, 3.63) is 90.4 Å². The zero-order valence-corrected chi connectivity index (χ0v) is 29.5. The number of anilines is 2. The van der Waals surface area contributed by atoms with Gasteiger partial charge in [-0.2, -0.15) is 0 Å². The largest absolute Gasteiger partial charge is 0.380 e. The maximum atomic E-state index is 3.62. The lowest BCUT2D eigenvalue weighted by Gasteiger charge is -2.26. The smallest absolute Gasteiger partial charge is 0.0603 e. The van der Waals surface area contributed by atoms with E-state index >= 15 is 0 Å². The van der Waals surface area contributed by atoms with Gasteiger partial charge in [0.1, 0.15) is 0 Å². The van der Waals surface area contributed by atoms with Crippen LogP contribution in [0.4, 0.5) is 11.4 Å². The Morgan fingerprint density at radius 1 is 0.636 bits per heavy atom. The Kier molecular flexibility index (Phi) is 11.4. The molecule has 0 aliphatic carbocycles. The first-order valence-corrected chi connectivity index (χ1v) is 17.5. The van der Waals surface area contributed by atoms with E-state index in [4.69, 9.17) is 0 Å². The molecule has 3 aromatic carbocycles. The van der Waals surface area contributed by atoms with Gasteiger partial charge in [-0.25, -0.2) is 0 Å². The fraction of sp³-hybridized carbons (Fsp3) is 0.412. The summed E-state index contributed by atoms with van der Waals surface area (Å²) < 4.78 is 3.55. The average Bonchev–Trinajstić information content (AvgIpc) is 3.72. The number of benzene rings is 3. The van der Waals surface area contributed by atoms with Gasteiger partial charge in [-0.1, -0.05) is 43.8 Å². The molecule has 6 N–H and O–H groups in total. The molecule has 0 amide bonds. The monoisotopic (exact) mass is 806 g/mol. The minimum Gasteiger partial charge on any atom is -0.380 e. The highest BCUT2D eigenvalue weighted by atomic mass is 79.9. The van der Waals surface area contributed by atoms with E-state index in [1.165, 1.54) is 66.4 Å². The van der Waals surface area contributed by atoms with Crippen LogP contribution in [0, 0.1) is 0 Å². The summed E-state index contributed by atoms with van der Waals surface area (Å²) >= 11 is 10.8. The van der Waals surface area contributed by atoms with Gasteiger partial charge in [0.15, 0.2) is 0 Å². The molecule has 4 atom stereocenters. The number of hydrogen-bond acceptors (Lipinski definition) is 5. The van der Waals surface area contributed by atoms with Crippen molar-refractivity contribution in [1.82, 2.24) is 20.9 Å². The summed E-state index contributed by atoms with van der Waals surface area (Å²) in [6.07, 6.45) is 3.56. The highest BCUT2D eigenvalue weighted by Crippen LogP contribution is 2.43. The molecule has 44 heavy (non-hydrogen) atoms. The number of aromatic nitrogens is 1. The molecule has 5 aliphatic heterocycles. The first-order valence-electron chi connectivity index (χ1n) is 15.1. The lowest BCUT2D eigenvalue weighted by atomic mass is 9.91. The number of halogens is 4. The third-order valence-corrected chi connectivity index (χ3v) is 11.3. The third-order valence-electron chi connectivity index (χ3n) is 9.35. The molecule has 4 aromatic rings. The summed E-state index contributed by atoms with van der Waals surface area (Å²) in [5.41, 5.74) is 9.63. The summed E-state index contributed by atoms with van der Waals surface area (Å²) in [7, 11) is 0. The fourth-order valence-electron chi connectivity index (χ4n) is 7.22. The van der Waals surface area contributed by atoms with Gasteiger partial charge in [0.05, 0.1) is 16.9 Å². The molecular formula is C34H42Br3ClN6. The lowest BCUT2D eigenvalue weighted by Crippen LogP contribution is -2.38. The van der Waals surface area contributed by atoms with Crippen LogP contribution in [0.15, 0.2) is 68.0 Å². The fourth-order valence-corrected chi connectivity index (χ4v) is 8.68. The number of para-hydroxylation sites is 3. The summed E-state index contributed by atoms with van der Waals surface area (Å²) in [6.45, 7) is 6.57. The van der Waals surface area contributed by atoms with Crippen molar-refractivity contribution in [2.24, 2.45) is 0 Å². The normalized spacial score (nSPS) is 23.6. The van der Waals surface area contributed by atoms with Crippen LogP contribution in [-0.4, -0.2) is 49.8 Å².